The first kappa shape index (κ1) is 9.44. The molecule has 0 amide bonds. The van der Waals surface area contributed by atoms with Gasteiger partial charge in [0.05, 0.1) is 5.60 Å². The van der Waals surface area contributed by atoms with E-state index in [1.165, 1.54) is 0 Å². The Morgan fingerprint density at radius 2 is 2.15 bits per heavy atom. The third kappa shape index (κ3) is 2.42. The van der Waals surface area contributed by atoms with E-state index >= 15 is 0 Å². The molecule has 2 saturated heterocycles. The third-order valence-electron chi connectivity index (χ3n) is 3.23. The van der Waals surface area contributed by atoms with Crippen molar-refractivity contribution in [1.82, 2.24) is 5.32 Å². The van der Waals surface area contributed by atoms with E-state index in [1.807, 2.05) is 0 Å². The van der Waals surface area contributed by atoms with Crippen LogP contribution in [0.3, 0.4) is 0 Å². The minimum atomic E-state index is -0.399. The molecule has 0 aromatic carbocycles. The summed E-state index contributed by atoms with van der Waals surface area (Å²) in [5.41, 5.74) is -0.399. The first-order valence-electron chi connectivity index (χ1n) is 5.29. The molecule has 3 nitrogen and oxygen atoms in total. The van der Waals surface area contributed by atoms with Crippen molar-refractivity contribution >= 4 is 0 Å². The van der Waals surface area contributed by atoms with Crippen molar-refractivity contribution in [3.8, 4) is 0 Å². The highest BCUT2D eigenvalue weighted by atomic mass is 16.5. The molecule has 76 valence electrons. The van der Waals surface area contributed by atoms with Crippen molar-refractivity contribution < 1.29 is 9.84 Å². The van der Waals surface area contributed by atoms with E-state index in [2.05, 4.69) is 5.32 Å². The van der Waals surface area contributed by atoms with Gasteiger partial charge in [0.25, 0.3) is 0 Å². The van der Waals surface area contributed by atoms with Crippen LogP contribution in [0.4, 0.5) is 0 Å². The zero-order chi connectivity index (χ0) is 9.15. The fourth-order valence-corrected chi connectivity index (χ4v) is 2.38. The van der Waals surface area contributed by atoms with Crippen LogP contribution < -0.4 is 5.32 Å². The maximum atomic E-state index is 10.2. The van der Waals surface area contributed by atoms with E-state index in [0.29, 0.717) is 5.92 Å². The molecule has 2 aliphatic rings. The molecule has 0 saturated carbocycles. The van der Waals surface area contributed by atoms with Gasteiger partial charge in [0.1, 0.15) is 0 Å². The Bertz CT molecular complexity index is 160. The van der Waals surface area contributed by atoms with Crippen LogP contribution in [0.1, 0.15) is 25.7 Å². The Kier molecular flexibility index (Phi) is 2.86. The molecule has 1 atom stereocenters. The van der Waals surface area contributed by atoms with Crippen LogP contribution >= 0.6 is 0 Å². The summed E-state index contributed by atoms with van der Waals surface area (Å²) < 4.78 is 5.32. The number of hydrogen-bond acceptors (Lipinski definition) is 3. The van der Waals surface area contributed by atoms with Crippen LogP contribution in [-0.2, 0) is 4.74 Å². The van der Waals surface area contributed by atoms with Gasteiger partial charge in [-0.2, -0.15) is 0 Å². The smallest absolute Gasteiger partial charge is 0.0675 e. The van der Waals surface area contributed by atoms with E-state index in [-0.39, 0.29) is 0 Å². The molecule has 0 bridgehead atoms. The van der Waals surface area contributed by atoms with E-state index in [4.69, 9.17) is 4.74 Å². The van der Waals surface area contributed by atoms with Gasteiger partial charge in [0, 0.05) is 13.2 Å². The van der Waals surface area contributed by atoms with Gasteiger partial charge < -0.3 is 15.2 Å². The average molecular weight is 185 g/mol. The maximum Gasteiger partial charge on any atom is 0.0675 e. The van der Waals surface area contributed by atoms with Gasteiger partial charge >= 0.3 is 0 Å². The number of nitrogens with one attached hydrogen (secondary N) is 1. The van der Waals surface area contributed by atoms with Crippen LogP contribution in [0.15, 0.2) is 0 Å². The van der Waals surface area contributed by atoms with Crippen molar-refractivity contribution in [2.24, 2.45) is 5.92 Å². The lowest BCUT2D eigenvalue weighted by molar-refractivity contribution is -0.0127. The fourth-order valence-electron chi connectivity index (χ4n) is 2.38. The molecule has 2 rings (SSSR count). The Morgan fingerprint density at radius 1 is 1.38 bits per heavy atom. The highest BCUT2D eigenvalue weighted by Gasteiger charge is 2.33. The van der Waals surface area contributed by atoms with Crippen molar-refractivity contribution in [3.05, 3.63) is 0 Å². The molecule has 0 spiro atoms. The van der Waals surface area contributed by atoms with Gasteiger partial charge in [-0.1, -0.05) is 0 Å². The van der Waals surface area contributed by atoms with Crippen molar-refractivity contribution in [3.63, 3.8) is 0 Å². The summed E-state index contributed by atoms with van der Waals surface area (Å²) in [4.78, 5) is 0. The second kappa shape index (κ2) is 3.95. The summed E-state index contributed by atoms with van der Waals surface area (Å²) in [5, 5.41) is 13.5. The summed E-state index contributed by atoms with van der Waals surface area (Å²) in [6, 6.07) is 0. The molecule has 2 heterocycles. The minimum absolute atomic E-state index is 0.399. The predicted octanol–water partition coefficient (Wildman–Crippen LogP) is 0.527. The van der Waals surface area contributed by atoms with Gasteiger partial charge in [-0.25, -0.2) is 0 Å². The molecular weight excluding hydrogens is 166 g/mol. The van der Waals surface area contributed by atoms with Crippen LogP contribution in [-0.4, -0.2) is 37.0 Å². The molecule has 2 aliphatic heterocycles. The largest absolute Gasteiger partial charge is 0.390 e. The Hall–Kier alpha value is -0.120. The first-order valence-corrected chi connectivity index (χ1v) is 5.29. The van der Waals surface area contributed by atoms with Gasteiger partial charge in [-0.3, -0.25) is 0 Å². The van der Waals surface area contributed by atoms with Crippen LogP contribution in [0, 0.1) is 5.92 Å². The zero-order valence-corrected chi connectivity index (χ0v) is 8.09. The van der Waals surface area contributed by atoms with E-state index in [1.54, 1.807) is 0 Å². The normalized spacial score (nSPS) is 33.5. The molecule has 3 heteroatoms. The summed E-state index contributed by atoms with van der Waals surface area (Å²) in [6.07, 6.45) is 3.89. The molecule has 1 unspecified atom stereocenters. The van der Waals surface area contributed by atoms with Crippen LogP contribution in [0.25, 0.3) is 0 Å². The number of hydrogen-bond donors (Lipinski definition) is 2. The molecule has 0 aliphatic carbocycles. The lowest BCUT2D eigenvalue weighted by Gasteiger charge is -2.34. The Labute approximate surface area is 79.5 Å². The topological polar surface area (TPSA) is 41.5 Å². The van der Waals surface area contributed by atoms with Crippen LogP contribution in [0.5, 0.6) is 0 Å². The molecule has 2 N–H and O–H groups in total. The quantitative estimate of drug-likeness (QED) is 0.659. The summed E-state index contributed by atoms with van der Waals surface area (Å²) in [7, 11) is 0. The summed E-state index contributed by atoms with van der Waals surface area (Å²) >= 11 is 0. The lowest BCUT2D eigenvalue weighted by atomic mass is 9.83. The molecule has 0 radical (unpaired) electrons. The van der Waals surface area contributed by atoms with E-state index in [9.17, 15) is 5.11 Å². The highest BCUT2D eigenvalue weighted by Crippen LogP contribution is 2.29. The van der Waals surface area contributed by atoms with Crippen molar-refractivity contribution in [2.45, 2.75) is 31.3 Å². The number of rotatable bonds is 2. The van der Waals surface area contributed by atoms with Crippen molar-refractivity contribution in [1.29, 1.82) is 0 Å². The van der Waals surface area contributed by atoms with E-state index < -0.39 is 5.60 Å². The summed E-state index contributed by atoms with van der Waals surface area (Å²) in [5.74, 6) is 0.600. The van der Waals surface area contributed by atoms with Crippen molar-refractivity contribution in [2.75, 3.05) is 26.3 Å². The molecule has 0 aromatic rings. The monoisotopic (exact) mass is 185 g/mol. The average Bonchev–Trinajstić information content (AvgIpc) is 2.57. The van der Waals surface area contributed by atoms with Gasteiger partial charge in [-0.05, 0) is 44.7 Å². The molecular formula is C10H19NO2. The van der Waals surface area contributed by atoms with Crippen LogP contribution in [0.2, 0.25) is 0 Å². The molecule has 13 heavy (non-hydrogen) atoms. The lowest BCUT2D eigenvalue weighted by Crippen LogP contribution is -2.43. The number of piperidine rings is 1. The van der Waals surface area contributed by atoms with E-state index in [0.717, 1.165) is 52.0 Å². The summed E-state index contributed by atoms with van der Waals surface area (Å²) in [6.45, 7) is 3.67. The minimum Gasteiger partial charge on any atom is -0.390 e. The standard InChI is InChI=1S/C10H19NO2/c12-10(2-4-11-5-3-10)7-9-1-6-13-8-9/h9,11-12H,1-8H2. The van der Waals surface area contributed by atoms with Gasteiger partial charge in [-0.15, -0.1) is 0 Å². The van der Waals surface area contributed by atoms with Gasteiger partial charge in [0.2, 0.25) is 0 Å². The Balaban J connectivity index is 1.83. The molecule has 2 fully saturated rings. The number of ether oxygens (including phenoxy) is 1. The second-order valence-electron chi connectivity index (χ2n) is 4.41. The predicted molar refractivity (Wildman–Crippen MR) is 50.6 cm³/mol. The first-order chi connectivity index (χ1) is 6.29. The number of aliphatic hydroxyl groups is 1. The van der Waals surface area contributed by atoms with Gasteiger partial charge in [0.15, 0.2) is 0 Å². The molecule has 0 aromatic heterocycles. The SMILES string of the molecule is OC1(CC2CCOC2)CCNCC1. The Morgan fingerprint density at radius 3 is 2.77 bits per heavy atom. The highest BCUT2D eigenvalue weighted by molar-refractivity contribution is 4.87. The fraction of sp³-hybridized carbons (Fsp3) is 1.00. The third-order valence-corrected chi connectivity index (χ3v) is 3.23. The second-order valence-corrected chi connectivity index (χ2v) is 4.41. The maximum absolute atomic E-state index is 10.2. The zero-order valence-electron chi connectivity index (χ0n) is 8.09.